The third-order valence-corrected chi connectivity index (χ3v) is 2.77. The number of hydrogen-bond donors (Lipinski definition) is 1. The van der Waals surface area contributed by atoms with Crippen molar-refractivity contribution in [2.75, 3.05) is 0 Å². The van der Waals surface area contributed by atoms with Gasteiger partial charge in [-0.15, -0.1) is 0 Å². The number of pyridine rings is 1. The van der Waals surface area contributed by atoms with Crippen molar-refractivity contribution in [3.63, 3.8) is 0 Å². The van der Waals surface area contributed by atoms with Crippen molar-refractivity contribution in [1.82, 2.24) is 10.3 Å². The van der Waals surface area contributed by atoms with Gasteiger partial charge in [0, 0.05) is 24.0 Å². The molecule has 2 aromatic rings. The van der Waals surface area contributed by atoms with E-state index in [9.17, 15) is 4.79 Å². The SMILES string of the molecule is O=C(Cc1ccncc1)NCc1ccc(Cl)cc1. The molecule has 0 aliphatic heterocycles. The summed E-state index contributed by atoms with van der Waals surface area (Å²) in [4.78, 5) is 15.6. The number of rotatable bonds is 4. The quantitative estimate of drug-likeness (QED) is 0.918. The summed E-state index contributed by atoms with van der Waals surface area (Å²) in [5.41, 5.74) is 1.99. The first-order valence-electron chi connectivity index (χ1n) is 5.64. The zero-order valence-corrected chi connectivity index (χ0v) is 10.5. The van der Waals surface area contributed by atoms with Crippen LogP contribution in [-0.4, -0.2) is 10.9 Å². The standard InChI is InChI=1S/C14H13ClN2O/c15-13-3-1-12(2-4-13)10-17-14(18)9-11-5-7-16-8-6-11/h1-8H,9-10H2,(H,17,18). The summed E-state index contributed by atoms with van der Waals surface area (Å²) in [6, 6.07) is 11.1. The lowest BCUT2D eigenvalue weighted by molar-refractivity contribution is -0.120. The van der Waals surface area contributed by atoms with Gasteiger partial charge in [0.2, 0.25) is 5.91 Å². The molecule has 0 bridgehead atoms. The highest BCUT2D eigenvalue weighted by molar-refractivity contribution is 6.30. The van der Waals surface area contributed by atoms with E-state index in [-0.39, 0.29) is 5.91 Å². The topological polar surface area (TPSA) is 42.0 Å². The molecule has 0 atom stereocenters. The Morgan fingerprint density at radius 3 is 2.39 bits per heavy atom. The number of benzene rings is 1. The van der Waals surface area contributed by atoms with Crippen LogP contribution < -0.4 is 5.32 Å². The van der Waals surface area contributed by atoms with Crippen LogP contribution >= 0.6 is 11.6 Å². The molecule has 1 N–H and O–H groups in total. The zero-order valence-electron chi connectivity index (χ0n) is 9.77. The maximum atomic E-state index is 11.7. The van der Waals surface area contributed by atoms with Gasteiger partial charge in [0.25, 0.3) is 0 Å². The van der Waals surface area contributed by atoms with Gasteiger partial charge < -0.3 is 5.32 Å². The number of halogens is 1. The van der Waals surface area contributed by atoms with E-state index in [1.807, 2.05) is 36.4 Å². The Labute approximate surface area is 111 Å². The van der Waals surface area contributed by atoms with Crippen LogP contribution in [0.5, 0.6) is 0 Å². The zero-order chi connectivity index (χ0) is 12.8. The molecule has 0 saturated heterocycles. The fraction of sp³-hybridized carbons (Fsp3) is 0.143. The lowest BCUT2D eigenvalue weighted by Crippen LogP contribution is -2.24. The van der Waals surface area contributed by atoms with E-state index in [4.69, 9.17) is 11.6 Å². The second-order valence-corrected chi connectivity index (χ2v) is 4.37. The van der Waals surface area contributed by atoms with Crippen molar-refractivity contribution in [2.24, 2.45) is 0 Å². The van der Waals surface area contributed by atoms with Gasteiger partial charge in [-0.1, -0.05) is 23.7 Å². The van der Waals surface area contributed by atoms with Crippen LogP contribution in [0.4, 0.5) is 0 Å². The molecule has 1 aromatic carbocycles. The molecule has 18 heavy (non-hydrogen) atoms. The number of hydrogen-bond acceptors (Lipinski definition) is 2. The first kappa shape index (κ1) is 12.6. The number of nitrogens with one attached hydrogen (secondary N) is 1. The van der Waals surface area contributed by atoms with Crippen molar-refractivity contribution >= 4 is 17.5 Å². The van der Waals surface area contributed by atoms with Gasteiger partial charge in [-0.2, -0.15) is 0 Å². The lowest BCUT2D eigenvalue weighted by Gasteiger charge is -2.05. The fourth-order valence-corrected chi connectivity index (χ4v) is 1.68. The molecule has 0 aliphatic rings. The Kier molecular flexibility index (Phi) is 4.31. The summed E-state index contributed by atoms with van der Waals surface area (Å²) in [5.74, 6) is -0.00356. The average molecular weight is 261 g/mol. The molecule has 1 aromatic heterocycles. The molecule has 2 rings (SSSR count). The fourth-order valence-electron chi connectivity index (χ4n) is 1.55. The summed E-state index contributed by atoms with van der Waals surface area (Å²) in [6.07, 6.45) is 3.74. The number of carbonyl (C=O) groups excluding carboxylic acids is 1. The average Bonchev–Trinajstić information content (AvgIpc) is 2.39. The van der Waals surface area contributed by atoms with Crippen molar-refractivity contribution < 1.29 is 4.79 Å². The Bertz CT molecular complexity index is 511. The third-order valence-electron chi connectivity index (χ3n) is 2.52. The molecular formula is C14H13ClN2O. The highest BCUT2D eigenvalue weighted by atomic mass is 35.5. The third kappa shape index (κ3) is 3.86. The van der Waals surface area contributed by atoms with Crippen molar-refractivity contribution in [2.45, 2.75) is 13.0 Å². The van der Waals surface area contributed by atoms with E-state index in [1.165, 1.54) is 0 Å². The molecule has 3 nitrogen and oxygen atoms in total. The Morgan fingerprint density at radius 1 is 1.06 bits per heavy atom. The summed E-state index contributed by atoms with van der Waals surface area (Å²) in [7, 11) is 0. The maximum absolute atomic E-state index is 11.7. The van der Waals surface area contributed by atoms with Gasteiger partial charge in [0.15, 0.2) is 0 Å². The number of nitrogens with zero attached hydrogens (tertiary/aromatic N) is 1. The Balaban J connectivity index is 1.83. The van der Waals surface area contributed by atoms with Gasteiger partial charge >= 0.3 is 0 Å². The normalized spacial score (nSPS) is 10.1. The largest absolute Gasteiger partial charge is 0.352 e. The van der Waals surface area contributed by atoms with Crippen LogP contribution in [-0.2, 0) is 17.8 Å². The monoisotopic (exact) mass is 260 g/mol. The summed E-state index contributed by atoms with van der Waals surface area (Å²) in [5, 5.41) is 3.56. The van der Waals surface area contributed by atoms with Crippen molar-refractivity contribution in [3.05, 3.63) is 64.9 Å². The van der Waals surface area contributed by atoms with Crippen LogP contribution in [0, 0.1) is 0 Å². The second kappa shape index (κ2) is 6.17. The molecule has 4 heteroatoms. The van der Waals surface area contributed by atoms with Crippen LogP contribution in [0.3, 0.4) is 0 Å². The van der Waals surface area contributed by atoms with Gasteiger partial charge in [0.1, 0.15) is 0 Å². The summed E-state index contributed by atoms with van der Waals surface area (Å²) in [6.45, 7) is 0.515. The highest BCUT2D eigenvalue weighted by Gasteiger charge is 2.02. The number of amides is 1. The predicted octanol–water partition coefficient (Wildman–Crippen LogP) is 2.59. The molecule has 1 amide bonds. The number of carbonyl (C=O) groups is 1. The van der Waals surface area contributed by atoms with Crippen LogP contribution in [0.15, 0.2) is 48.8 Å². The first-order valence-corrected chi connectivity index (χ1v) is 6.02. The minimum atomic E-state index is -0.00356. The van der Waals surface area contributed by atoms with Gasteiger partial charge in [-0.3, -0.25) is 9.78 Å². The van der Waals surface area contributed by atoms with Crippen LogP contribution in [0.1, 0.15) is 11.1 Å². The molecule has 92 valence electrons. The number of aromatic nitrogens is 1. The highest BCUT2D eigenvalue weighted by Crippen LogP contribution is 2.09. The van der Waals surface area contributed by atoms with Crippen molar-refractivity contribution in [1.29, 1.82) is 0 Å². The summed E-state index contributed by atoms with van der Waals surface area (Å²) >= 11 is 5.79. The first-order chi connectivity index (χ1) is 8.74. The second-order valence-electron chi connectivity index (χ2n) is 3.94. The van der Waals surface area contributed by atoms with Crippen molar-refractivity contribution in [3.8, 4) is 0 Å². The minimum Gasteiger partial charge on any atom is -0.352 e. The van der Waals surface area contributed by atoms with E-state index in [1.54, 1.807) is 12.4 Å². The molecule has 0 fully saturated rings. The van der Waals surface area contributed by atoms with Crippen LogP contribution in [0.25, 0.3) is 0 Å². The lowest BCUT2D eigenvalue weighted by atomic mass is 10.2. The molecule has 1 heterocycles. The molecule has 0 spiro atoms. The van der Waals surface area contributed by atoms with E-state index < -0.39 is 0 Å². The van der Waals surface area contributed by atoms with E-state index in [0.29, 0.717) is 18.0 Å². The molecule has 0 saturated carbocycles. The molecule has 0 unspecified atom stereocenters. The van der Waals surface area contributed by atoms with E-state index >= 15 is 0 Å². The minimum absolute atomic E-state index is 0.00356. The molecular weight excluding hydrogens is 248 g/mol. The predicted molar refractivity (Wildman–Crippen MR) is 71.2 cm³/mol. The maximum Gasteiger partial charge on any atom is 0.224 e. The van der Waals surface area contributed by atoms with E-state index in [0.717, 1.165) is 11.1 Å². The van der Waals surface area contributed by atoms with E-state index in [2.05, 4.69) is 10.3 Å². The Hall–Kier alpha value is -1.87. The molecule has 0 radical (unpaired) electrons. The smallest absolute Gasteiger partial charge is 0.224 e. The van der Waals surface area contributed by atoms with Gasteiger partial charge in [-0.05, 0) is 35.4 Å². The van der Waals surface area contributed by atoms with Gasteiger partial charge in [0.05, 0.1) is 6.42 Å². The Morgan fingerprint density at radius 2 is 1.72 bits per heavy atom. The molecule has 0 aliphatic carbocycles. The van der Waals surface area contributed by atoms with Gasteiger partial charge in [-0.25, -0.2) is 0 Å². The summed E-state index contributed by atoms with van der Waals surface area (Å²) < 4.78 is 0. The van der Waals surface area contributed by atoms with Crippen LogP contribution in [0.2, 0.25) is 5.02 Å².